The van der Waals surface area contributed by atoms with E-state index in [-0.39, 0.29) is 0 Å². The van der Waals surface area contributed by atoms with Gasteiger partial charge in [0.15, 0.2) is 0 Å². The van der Waals surface area contributed by atoms with Gasteiger partial charge in [0.25, 0.3) is 0 Å². The maximum atomic E-state index is 9.50. The number of halogens is 1. The second-order valence-corrected chi connectivity index (χ2v) is 4.54. The summed E-state index contributed by atoms with van der Waals surface area (Å²) in [5.41, 5.74) is 1.79. The molecule has 0 saturated carbocycles. The first-order valence-corrected chi connectivity index (χ1v) is 6.19. The number of hydrogen-bond donors (Lipinski definition) is 1. The van der Waals surface area contributed by atoms with Gasteiger partial charge < -0.3 is 9.84 Å². The van der Waals surface area contributed by atoms with Crippen LogP contribution < -0.4 is 4.74 Å². The van der Waals surface area contributed by atoms with Crippen LogP contribution in [0.2, 0.25) is 5.02 Å². The van der Waals surface area contributed by atoms with Crippen LogP contribution in [0.1, 0.15) is 24.2 Å². The molecular formula is C15H15ClO2. The minimum Gasteiger partial charge on any atom is -0.489 e. The van der Waals surface area contributed by atoms with Crippen LogP contribution in [-0.2, 0) is 6.61 Å². The Balaban J connectivity index is 2.07. The second kappa shape index (κ2) is 5.89. The zero-order valence-corrected chi connectivity index (χ0v) is 10.9. The van der Waals surface area contributed by atoms with Crippen LogP contribution in [0.3, 0.4) is 0 Å². The molecular weight excluding hydrogens is 248 g/mol. The van der Waals surface area contributed by atoms with Crippen LogP contribution in [0.5, 0.6) is 5.75 Å². The third kappa shape index (κ3) is 3.25. The monoisotopic (exact) mass is 262 g/mol. The Morgan fingerprint density at radius 2 is 1.94 bits per heavy atom. The fourth-order valence-electron chi connectivity index (χ4n) is 1.64. The molecule has 2 aromatic carbocycles. The van der Waals surface area contributed by atoms with Crippen LogP contribution in [0.15, 0.2) is 48.5 Å². The largest absolute Gasteiger partial charge is 0.489 e. The highest BCUT2D eigenvalue weighted by Gasteiger charge is 2.04. The smallest absolute Gasteiger partial charge is 0.120 e. The lowest BCUT2D eigenvalue weighted by molar-refractivity contribution is 0.198. The van der Waals surface area contributed by atoms with Crippen molar-refractivity contribution in [3.8, 4) is 5.75 Å². The molecule has 0 heterocycles. The Labute approximate surface area is 112 Å². The minimum atomic E-state index is -0.492. The van der Waals surface area contributed by atoms with Crippen LogP contribution in [-0.4, -0.2) is 5.11 Å². The van der Waals surface area contributed by atoms with Gasteiger partial charge in [-0.05, 0) is 30.7 Å². The van der Waals surface area contributed by atoms with Crippen molar-refractivity contribution in [2.24, 2.45) is 0 Å². The summed E-state index contributed by atoms with van der Waals surface area (Å²) >= 11 is 6.05. The van der Waals surface area contributed by atoms with Gasteiger partial charge in [-0.3, -0.25) is 0 Å². The van der Waals surface area contributed by atoms with Crippen LogP contribution in [0, 0.1) is 0 Å². The topological polar surface area (TPSA) is 29.5 Å². The van der Waals surface area contributed by atoms with Gasteiger partial charge in [-0.25, -0.2) is 0 Å². The first-order valence-electron chi connectivity index (χ1n) is 5.81. The molecule has 0 amide bonds. The van der Waals surface area contributed by atoms with Gasteiger partial charge >= 0.3 is 0 Å². The minimum absolute atomic E-state index is 0.420. The number of aliphatic hydroxyl groups excluding tert-OH is 1. The van der Waals surface area contributed by atoms with Gasteiger partial charge in [0.2, 0.25) is 0 Å². The van der Waals surface area contributed by atoms with Crippen molar-refractivity contribution in [3.63, 3.8) is 0 Å². The van der Waals surface area contributed by atoms with E-state index in [0.29, 0.717) is 11.6 Å². The molecule has 0 aliphatic carbocycles. The first-order chi connectivity index (χ1) is 8.66. The van der Waals surface area contributed by atoms with E-state index in [2.05, 4.69) is 0 Å². The van der Waals surface area contributed by atoms with Gasteiger partial charge in [-0.1, -0.05) is 41.9 Å². The Morgan fingerprint density at radius 1 is 1.17 bits per heavy atom. The molecule has 0 aliphatic heterocycles. The standard InChI is InChI=1S/C15H15ClO2/c1-11(17)12-6-4-7-14(9-12)18-10-13-5-2-3-8-15(13)16/h2-9,11,17H,10H2,1H3. The zero-order chi connectivity index (χ0) is 13.0. The summed E-state index contributed by atoms with van der Waals surface area (Å²) in [6.45, 7) is 2.15. The molecule has 2 nitrogen and oxygen atoms in total. The molecule has 1 atom stereocenters. The molecule has 0 aliphatic rings. The van der Waals surface area contributed by atoms with Crippen LogP contribution in [0.25, 0.3) is 0 Å². The molecule has 2 aromatic rings. The number of hydrogen-bond acceptors (Lipinski definition) is 2. The van der Waals surface area contributed by atoms with Crippen molar-refractivity contribution in [2.45, 2.75) is 19.6 Å². The maximum Gasteiger partial charge on any atom is 0.120 e. The summed E-state index contributed by atoms with van der Waals surface area (Å²) in [5, 5.41) is 10.2. The van der Waals surface area contributed by atoms with Crippen molar-refractivity contribution >= 4 is 11.6 Å². The van der Waals surface area contributed by atoms with E-state index >= 15 is 0 Å². The molecule has 0 bridgehead atoms. The van der Waals surface area contributed by atoms with Crippen LogP contribution in [0.4, 0.5) is 0 Å². The normalized spacial score (nSPS) is 12.2. The first kappa shape index (κ1) is 12.9. The third-order valence-electron chi connectivity index (χ3n) is 2.69. The highest BCUT2D eigenvalue weighted by molar-refractivity contribution is 6.31. The molecule has 2 rings (SSSR count). The van der Waals surface area contributed by atoms with E-state index in [1.54, 1.807) is 6.92 Å². The molecule has 0 fully saturated rings. The second-order valence-electron chi connectivity index (χ2n) is 4.13. The summed E-state index contributed by atoms with van der Waals surface area (Å²) in [4.78, 5) is 0. The number of ether oxygens (including phenoxy) is 1. The molecule has 1 N–H and O–H groups in total. The van der Waals surface area contributed by atoms with E-state index < -0.39 is 6.10 Å². The van der Waals surface area contributed by atoms with Gasteiger partial charge in [0.1, 0.15) is 12.4 Å². The quantitative estimate of drug-likeness (QED) is 0.903. The summed E-state index contributed by atoms with van der Waals surface area (Å²) in [5.74, 6) is 0.730. The van der Waals surface area contributed by atoms with Gasteiger partial charge in [0, 0.05) is 10.6 Å². The Morgan fingerprint density at radius 3 is 2.67 bits per heavy atom. The van der Waals surface area contributed by atoms with E-state index in [1.165, 1.54) is 0 Å². The lowest BCUT2D eigenvalue weighted by atomic mass is 10.1. The molecule has 18 heavy (non-hydrogen) atoms. The van der Waals surface area contributed by atoms with Gasteiger partial charge in [0.05, 0.1) is 6.10 Å². The third-order valence-corrected chi connectivity index (χ3v) is 3.06. The van der Waals surface area contributed by atoms with E-state index in [4.69, 9.17) is 16.3 Å². The summed E-state index contributed by atoms with van der Waals surface area (Å²) < 4.78 is 5.67. The molecule has 0 saturated heterocycles. The van der Waals surface area contributed by atoms with Crippen molar-refractivity contribution < 1.29 is 9.84 Å². The van der Waals surface area contributed by atoms with Crippen molar-refractivity contribution in [1.29, 1.82) is 0 Å². The predicted octanol–water partition coefficient (Wildman–Crippen LogP) is 3.97. The number of rotatable bonds is 4. The highest BCUT2D eigenvalue weighted by Crippen LogP contribution is 2.21. The Bertz CT molecular complexity index is 523. The Hall–Kier alpha value is -1.51. The van der Waals surface area contributed by atoms with Crippen LogP contribution >= 0.6 is 11.6 Å². The molecule has 0 radical (unpaired) electrons. The molecule has 94 valence electrons. The van der Waals surface area contributed by atoms with Crippen molar-refractivity contribution in [3.05, 3.63) is 64.7 Å². The van der Waals surface area contributed by atoms with E-state index in [0.717, 1.165) is 16.9 Å². The van der Waals surface area contributed by atoms with Crippen molar-refractivity contribution in [2.75, 3.05) is 0 Å². The highest BCUT2D eigenvalue weighted by atomic mass is 35.5. The SMILES string of the molecule is CC(O)c1cccc(OCc2ccccc2Cl)c1. The zero-order valence-electron chi connectivity index (χ0n) is 10.1. The molecule has 0 aromatic heterocycles. The fourth-order valence-corrected chi connectivity index (χ4v) is 1.83. The number of aliphatic hydroxyl groups is 1. The average Bonchev–Trinajstić information content (AvgIpc) is 2.38. The lowest BCUT2D eigenvalue weighted by Gasteiger charge is -2.10. The predicted molar refractivity (Wildman–Crippen MR) is 72.9 cm³/mol. The molecule has 1 unspecified atom stereocenters. The van der Waals surface area contributed by atoms with Gasteiger partial charge in [-0.2, -0.15) is 0 Å². The lowest BCUT2D eigenvalue weighted by Crippen LogP contribution is -1.97. The van der Waals surface area contributed by atoms with E-state index in [1.807, 2.05) is 48.5 Å². The molecule has 3 heteroatoms. The Kier molecular flexibility index (Phi) is 4.24. The number of benzene rings is 2. The fraction of sp³-hybridized carbons (Fsp3) is 0.200. The van der Waals surface area contributed by atoms with Crippen molar-refractivity contribution in [1.82, 2.24) is 0 Å². The summed E-state index contributed by atoms with van der Waals surface area (Å²) in [6, 6.07) is 15.0. The average molecular weight is 263 g/mol. The van der Waals surface area contributed by atoms with Gasteiger partial charge in [-0.15, -0.1) is 0 Å². The molecule has 0 spiro atoms. The summed E-state index contributed by atoms with van der Waals surface area (Å²) in [7, 11) is 0. The summed E-state index contributed by atoms with van der Waals surface area (Å²) in [6.07, 6.45) is -0.492. The maximum absolute atomic E-state index is 9.50. The van der Waals surface area contributed by atoms with E-state index in [9.17, 15) is 5.11 Å².